The zero-order valence-electron chi connectivity index (χ0n) is 10.2. The second kappa shape index (κ2) is 6.17. The van der Waals surface area contributed by atoms with Crippen LogP contribution < -0.4 is 0 Å². The molecule has 0 bridgehead atoms. The summed E-state index contributed by atoms with van der Waals surface area (Å²) in [6.07, 6.45) is 1.75. The number of aromatic nitrogens is 1. The first kappa shape index (κ1) is 13.3. The number of morpholine rings is 1. The van der Waals surface area contributed by atoms with Gasteiger partial charge in [0.2, 0.25) is 0 Å². The van der Waals surface area contributed by atoms with Crippen molar-refractivity contribution in [3.05, 3.63) is 23.9 Å². The Labute approximate surface area is 110 Å². The van der Waals surface area contributed by atoms with Crippen LogP contribution >= 0.6 is 11.8 Å². The molecule has 18 heavy (non-hydrogen) atoms. The van der Waals surface area contributed by atoms with E-state index >= 15 is 0 Å². The van der Waals surface area contributed by atoms with E-state index in [2.05, 4.69) is 16.9 Å². The average molecular weight is 268 g/mol. The van der Waals surface area contributed by atoms with E-state index in [0.29, 0.717) is 5.03 Å². The molecule has 1 aromatic heterocycles. The lowest BCUT2D eigenvalue weighted by Gasteiger charge is -2.29. The third-order valence-electron chi connectivity index (χ3n) is 2.75. The highest BCUT2D eigenvalue weighted by molar-refractivity contribution is 7.99. The van der Waals surface area contributed by atoms with Crippen LogP contribution in [0, 0.1) is 0 Å². The molecule has 1 aromatic rings. The summed E-state index contributed by atoms with van der Waals surface area (Å²) in [5, 5.41) is 9.61. The third-order valence-corrected chi connectivity index (χ3v) is 3.89. The van der Waals surface area contributed by atoms with E-state index < -0.39 is 5.97 Å². The first-order valence-electron chi connectivity index (χ1n) is 5.78. The van der Waals surface area contributed by atoms with Crippen LogP contribution in [0.2, 0.25) is 0 Å². The normalized spacial score (nSPS) is 20.8. The number of pyridine rings is 1. The van der Waals surface area contributed by atoms with Gasteiger partial charge in [0.1, 0.15) is 5.03 Å². The minimum atomic E-state index is -0.938. The van der Waals surface area contributed by atoms with Crippen molar-refractivity contribution in [2.45, 2.75) is 11.1 Å². The fraction of sp³-hybridized carbons (Fsp3) is 0.500. The van der Waals surface area contributed by atoms with Gasteiger partial charge in [-0.2, -0.15) is 0 Å². The maximum absolute atomic E-state index is 11.0. The topological polar surface area (TPSA) is 62.7 Å². The van der Waals surface area contributed by atoms with Gasteiger partial charge < -0.3 is 14.7 Å². The molecule has 1 unspecified atom stereocenters. The zero-order valence-corrected chi connectivity index (χ0v) is 11.0. The van der Waals surface area contributed by atoms with E-state index in [9.17, 15) is 4.79 Å². The van der Waals surface area contributed by atoms with Crippen molar-refractivity contribution in [3.63, 3.8) is 0 Å². The third kappa shape index (κ3) is 3.44. The molecular weight excluding hydrogens is 252 g/mol. The van der Waals surface area contributed by atoms with Crippen LogP contribution in [0.3, 0.4) is 0 Å². The Morgan fingerprint density at radius 2 is 2.56 bits per heavy atom. The second-order valence-electron chi connectivity index (χ2n) is 4.23. The Balaban J connectivity index is 1.95. The number of carbonyl (C=O) groups is 1. The minimum Gasteiger partial charge on any atom is -0.478 e. The van der Waals surface area contributed by atoms with Crippen molar-refractivity contribution in [3.8, 4) is 0 Å². The van der Waals surface area contributed by atoms with Gasteiger partial charge in [0.25, 0.3) is 0 Å². The second-order valence-corrected chi connectivity index (χ2v) is 5.24. The van der Waals surface area contributed by atoms with E-state index in [-0.39, 0.29) is 11.7 Å². The summed E-state index contributed by atoms with van der Waals surface area (Å²) in [4.78, 5) is 17.4. The van der Waals surface area contributed by atoms with Gasteiger partial charge in [0, 0.05) is 25.0 Å². The van der Waals surface area contributed by atoms with Gasteiger partial charge in [-0.15, -0.1) is 11.8 Å². The number of rotatable bonds is 4. The average Bonchev–Trinajstić information content (AvgIpc) is 2.37. The van der Waals surface area contributed by atoms with E-state index in [0.717, 1.165) is 25.4 Å². The van der Waals surface area contributed by atoms with Crippen molar-refractivity contribution >= 4 is 17.7 Å². The molecular formula is C12H16N2O3S. The number of thioether (sulfide) groups is 1. The Morgan fingerprint density at radius 3 is 3.28 bits per heavy atom. The predicted octanol–water partition coefficient (Wildman–Crippen LogP) is 1.20. The maximum Gasteiger partial charge on any atom is 0.338 e. The number of ether oxygens (including phenoxy) is 1. The van der Waals surface area contributed by atoms with Crippen LogP contribution in [0.1, 0.15) is 10.4 Å². The zero-order chi connectivity index (χ0) is 13.0. The van der Waals surface area contributed by atoms with Gasteiger partial charge in [-0.25, -0.2) is 9.78 Å². The first-order chi connectivity index (χ1) is 8.66. The molecule has 98 valence electrons. The molecule has 1 aliphatic heterocycles. The maximum atomic E-state index is 11.0. The Morgan fingerprint density at radius 1 is 1.72 bits per heavy atom. The van der Waals surface area contributed by atoms with Gasteiger partial charge in [-0.05, 0) is 19.2 Å². The van der Waals surface area contributed by atoms with E-state index in [4.69, 9.17) is 9.84 Å². The van der Waals surface area contributed by atoms with E-state index in [1.807, 2.05) is 0 Å². The molecule has 1 N–H and O–H groups in total. The SMILES string of the molecule is CN1CCOC(CSc2ncccc2C(=O)O)C1. The van der Waals surface area contributed by atoms with Crippen LogP contribution in [0.4, 0.5) is 0 Å². The smallest absolute Gasteiger partial charge is 0.338 e. The van der Waals surface area contributed by atoms with Crippen LogP contribution in [-0.2, 0) is 4.74 Å². The molecule has 1 atom stereocenters. The minimum absolute atomic E-state index is 0.136. The van der Waals surface area contributed by atoms with Gasteiger partial charge in [0.15, 0.2) is 0 Å². The number of hydrogen-bond acceptors (Lipinski definition) is 5. The number of hydrogen-bond donors (Lipinski definition) is 1. The van der Waals surface area contributed by atoms with E-state index in [1.54, 1.807) is 18.3 Å². The molecule has 0 aliphatic carbocycles. The van der Waals surface area contributed by atoms with Crippen LogP contribution in [0.15, 0.2) is 23.4 Å². The summed E-state index contributed by atoms with van der Waals surface area (Å²) >= 11 is 1.44. The van der Waals surface area contributed by atoms with Crippen molar-refractivity contribution < 1.29 is 14.6 Å². The monoisotopic (exact) mass is 268 g/mol. The van der Waals surface area contributed by atoms with Gasteiger partial charge in [-0.1, -0.05) is 0 Å². The number of aromatic carboxylic acids is 1. The first-order valence-corrected chi connectivity index (χ1v) is 6.76. The quantitative estimate of drug-likeness (QED) is 0.828. The van der Waals surface area contributed by atoms with E-state index in [1.165, 1.54) is 11.8 Å². The number of nitrogens with zero attached hydrogens (tertiary/aromatic N) is 2. The molecule has 0 aromatic carbocycles. The molecule has 1 aliphatic rings. The highest BCUT2D eigenvalue weighted by Crippen LogP contribution is 2.22. The largest absolute Gasteiger partial charge is 0.478 e. The molecule has 0 amide bonds. The summed E-state index contributed by atoms with van der Waals surface area (Å²) in [7, 11) is 2.06. The predicted molar refractivity (Wildman–Crippen MR) is 69.2 cm³/mol. The van der Waals surface area contributed by atoms with Gasteiger partial charge in [-0.3, -0.25) is 0 Å². The Hall–Kier alpha value is -1.11. The summed E-state index contributed by atoms with van der Waals surface area (Å²) in [5.74, 6) is -0.214. The van der Waals surface area contributed by atoms with Crippen molar-refractivity contribution in [1.82, 2.24) is 9.88 Å². The molecule has 2 rings (SSSR count). The van der Waals surface area contributed by atoms with Crippen LogP contribution in [-0.4, -0.2) is 59.6 Å². The van der Waals surface area contributed by atoms with Gasteiger partial charge >= 0.3 is 5.97 Å². The van der Waals surface area contributed by atoms with Crippen molar-refractivity contribution in [2.75, 3.05) is 32.5 Å². The fourth-order valence-corrected chi connectivity index (χ4v) is 2.80. The summed E-state index contributed by atoms with van der Waals surface area (Å²) in [6.45, 7) is 2.56. The standard InChI is InChI=1S/C12H16N2O3S/c1-14-5-6-17-9(7-14)8-18-11-10(12(15)16)3-2-4-13-11/h2-4,9H,5-8H2,1H3,(H,15,16). The summed E-state index contributed by atoms with van der Waals surface area (Å²) < 4.78 is 5.63. The fourth-order valence-electron chi connectivity index (χ4n) is 1.81. The Bertz CT molecular complexity index is 428. The lowest BCUT2D eigenvalue weighted by molar-refractivity contribution is -0.00600. The molecule has 2 heterocycles. The summed E-state index contributed by atoms with van der Waals surface area (Å²) in [5.41, 5.74) is 0.256. The van der Waals surface area contributed by atoms with Crippen LogP contribution in [0.25, 0.3) is 0 Å². The number of carboxylic acid groups (broad SMARTS) is 1. The number of carboxylic acids is 1. The molecule has 0 radical (unpaired) electrons. The lowest BCUT2D eigenvalue weighted by Crippen LogP contribution is -2.41. The molecule has 1 saturated heterocycles. The Kier molecular flexibility index (Phi) is 4.57. The highest BCUT2D eigenvalue weighted by atomic mass is 32.2. The van der Waals surface area contributed by atoms with Gasteiger partial charge in [0.05, 0.1) is 18.3 Å². The molecule has 5 nitrogen and oxygen atoms in total. The van der Waals surface area contributed by atoms with Crippen molar-refractivity contribution in [2.24, 2.45) is 0 Å². The summed E-state index contributed by atoms with van der Waals surface area (Å²) in [6, 6.07) is 3.21. The molecule has 0 spiro atoms. The van der Waals surface area contributed by atoms with Crippen LogP contribution in [0.5, 0.6) is 0 Å². The highest BCUT2D eigenvalue weighted by Gasteiger charge is 2.19. The van der Waals surface area contributed by atoms with Crippen molar-refractivity contribution in [1.29, 1.82) is 0 Å². The molecule has 1 fully saturated rings. The molecule has 0 saturated carbocycles. The lowest BCUT2D eigenvalue weighted by atomic mass is 10.3. The number of likely N-dealkylation sites (N-methyl/N-ethyl adjacent to an activating group) is 1. The molecule has 6 heteroatoms.